The molecule has 4 rings (SSSR count). The summed E-state index contributed by atoms with van der Waals surface area (Å²) in [5, 5.41) is 1.19. The summed E-state index contributed by atoms with van der Waals surface area (Å²) in [6, 6.07) is 18.4. The maximum atomic E-state index is 12.9. The number of rotatable bonds is 5. The number of carbonyl (C=O) groups excluding carboxylic acids is 1. The van der Waals surface area contributed by atoms with Gasteiger partial charge < -0.3 is 14.5 Å². The lowest BCUT2D eigenvalue weighted by atomic mass is 10.0. The molecule has 0 spiro atoms. The first-order valence-electron chi connectivity index (χ1n) is 11.1. The van der Waals surface area contributed by atoms with Crippen LogP contribution in [0.3, 0.4) is 0 Å². The third-order valence-corrected chi connectivity index (χ3v) is 6.03. The molecule has 1 aliphatic rings. The van der Waals surface area contributed by atoms with E-state index in [4.69, 9.17) is 9.72 Å². The molecule has 2 heterocycles. The first-order valence-corrected chi connectivity index (χ1v) is 11.1. The zero-order chi connectivity index (χ0) is 22.0. The first kappa shape index (κ1) is 21.2. The summed E-state index contributed by atoms with van der Waals surface area (Å²) in [5.74, 6) is 2.23. The normalized spacial score (nSPS) is 15.4. The van der Waals surface area contributed by atoms with Gasteiger partial charge in [0.1, 0.15) is 11.6 Å². The number of pyridine rings is 1. The van der Waals surface area contributed by atoms with Crippen LogP contribution in [-0.4, -0.2) is 48.1 Å². The molecule has 1 unspecified atom stereocenters. The number of aromatic nitrogens is 1. The lowest BCUT2D eigenvalue weighted by Crippen LogP contribution is -2.52. The van der Waals surface area contributed by atoms with Gasteiger partial charge in [-0.25, -0.2) is 4.98 Å². The largest absolute Gasteiger partial charge is 0.481 e. The van der Waals surface area contributed by atoms with E-state index < -0.39 is 6.10 Å². The average molecular weight is 418 g/mol. The average Bonchev–Trinajstić information content (AvgIpc) is 2.79. The van der Waals surface area contributed by atoms with Gasteiger partial charge in [0.05, 0.1) is 5.52 Å². The van der Waals surface area contributed by atoms with Crippen LogP contribution in [0.2, 0.25) is 0 Å². The molecule has 1 atom stereocenters. The van der Waals surface area contributed by atoms with Crippen molar-refractivity contribution in [3.63, 3.8) is 0 Å². The molecule has 5 nitrogen and oxygen atoms in total. The fourth-order valence-electron chi connectivity index (χ4n) is 4.09. The highest BCUT2D eigenvalue weighted by Crippen LogP contribution is 2.24. The Morgan fingerprint density at radius 1 is 0.968 bits per heavy atom. The molecule has 31 heavy (non-hydrogen) atoms. The number of amides is 1. The van der Waals surface area contributed by atoms with Crippen molar-refractivity contribution in [2.24, 2.45) is 0 Å². The standard InChI is InChI=1S/C26H31N3O2/c1-18(2)21-9-11-22(12-10-21)31-20(4)26(30)29-15-13-28(14-16-29)25-17-19(3)23-7-5-6-8-24(23)27-25/h5-12,17-18,20H,13-16H2,1-4H3. The van der Waals surface area contributed by atoms with E-state index in [0.29, 0.717) is 19.0 Å². The Hall–Kier alpha value is -3.08. The molecule has 5 heteroatoms. The summed E-state index contributed by atoms with van der Waals surface area (Å²) >= 11 is 0. The van der Waals surface area contributed by atoms with E-state index >= 15 is 0 Å². The van der Waals surface area contributed by atoms with Gasteiger partial charge in [0.15, 0.2) is 6.10 Å². The van der Waals surface area contributed by atoms with Gasteiger partial charge >= 0.3 is 0 Å². The topological polar surface area (TPSA) is 45.7 Å². The highest BCUT2D eigenvalue weighted by atomic mass is 16.5. The molecule has 0 radical (unpaired) electrons. The molecule has 0 N–H and O–H groups in total. The molecule has 1 aromatic heterocycles. The Morgan fingerprint density at radius 2 is 1.65 bits per heavy atom. The second-order valence-electron chi connectivity index (χ2n) is 8.61. The molecule has 162 valence electrons. The number of para-hydroxylation sites is 1. The van der Waals surface area contributed by atoms with E-state index in [9.17, 15) is 4.79 Å². The number of piperazine rings is 1. The molecule has 2 aromatic carbocycles. The molecule has 0 aliphatic carbocycles. The summed E-state index contributed by atoms with van der Waals surface area (Å²) in [5.41, 5.74) is 3.51. The van der Waals surface area contributed by atoms with Crippen LogP contribution in [0.15, 0.2) is 54.6 Å². The van der Waals surface area contributed by atoms with Gasteiger partial charge in [0, 0.05) is 31.6 Å². The molecule has 1 fully saturated rings. The minimum absolute atomic E-state index is 0.0373. The summed E-state index contributed by atoms with van der Waals surface area (Å²) in [6.45, 7) is 11.2. The predicted octanol–water partition coefficient (Wildman–Crippen LogP) is 4.78. The van der Waals surface area contributed by atoms with Crippen LogP contribution in [0.1, 0.15) is 37.8 Å². The van der Waals surface area contributed by atoms with Gasteiger partial charge in [0.25, 0.3) is 5.91 Å². The van der Waals surface area contributed by atoms with Gasteiger partial charge in [-0.2, -0.15) is 0 Å². The van der Waals surface area contributed by atoms with Crippen LogP contribution in [-0.2, 0) is 4.79 Å². The SMILES string of the molecule is Cc1cc(N2CCN(C(=O)C(C)Oc3ccc(C(C)C)cc3)CC2)nc2ccccc12. The van der Waals surface area contributed by atoms with Crippen molar-refractivity contribution in [2.45, 2.75) is 39.7 Å². The molecule has 1 amide bonds. The molecule has 3 aromatic rings. The molecular formula is C26H31N3O2. The summed E-state index contributed by atoms with van der Waals surface area (Å²) in [7, 11) is 0. The molecular weight excluding hydrogens is 386 g/mol. The lowest BCUT2D eigenvalue weighted by Gasteiger charge is -2.36. The second-order valence-corrected chi connectivity index (χ2v) is 8.61. The van der Waals surface area contributed by atoms with E-state index in [1.807, 2.05) is 36.1 Å². The van der Waals surface area contributed by atoms with Crippen molar-refractivity contribution in [3.05, 3.63) is 65.7 Å². The highest BCUT2D eigenvalue weighted by molar-refractivity contribution is 5.84. The van der Waals surface area contributed by atoms with Crippen molar-refractivity contribution in [3.8, 4) is 5.75 Å². The number of nitrogens with zero attached hydrogens (tertiary/aromatic N) is 3. The minimum atomic E-state index is -0.502. The van der Waals surface area contributed by atoms with Crippen LogP contribution in [0.5, 0.6) is 5.75 Å². The number of carbonyl (C=O) groups is 1. The van der Waals surface area contributed by atoms with Crippen molar-refractivity contribution < 1.29 is 9.53 Å². The second kappa shape index (κ2) is 8.96. The number of hydrogen-bond donors (Lipinski definition) is 0. The van der Waals surface area contributed by atoms with E-state index in [1.165, 1.54) is 16.5 Å². The Kier molecular flexibility index (Phi) is 6.12. The zero-order valence-corrected chi connectivity index (χ0v) is 18.8. The number of hydrogen-bond acceptors (Lipinski definition) is 4. The monoisotopic (exact) mass is 417 g/mol. The van der Waals surface area contributed by atoms with Gasteiger partial charge in [-0.05, 0) is 55.2 Å². The smallest absolute Gasteiger partial charge is 0.263 e. The van der Waals surface area contributed by atoms with Crippen molar-refractivity contribution in [1.82, 2.24) is 9.88 Å². The van der Waals surface area contributed by atoms with Crippen molar-refractivity contribution >= 4 is 22.6 Å². The zero-order valence-electron chi connectivity index (χ0n) is 18.8. The fraction of sp³-hybridized carbons (Fsp3) is 0.385. The van der Waals surface area contributed by atoms with E-state index in [2.05, 4.69) is 56.0 Å². The summed E-state index contributed by atoms with van der Waals surface area (Å²) in [6.07, 6.45) is -0.502. The lowest BCUT2D eigenvalue weighted by molar-refractivity contribution is -0.138. The number of anilines is 1. The Balaban J connectivity index is 1.36. The van der Waals surface area contributed by atoms with Crippen LogP contribution in [0.4, 0.5) is 5.82 Å². The van der Waals surface area contributed by atoms with E-state index in [1.54, 1.807) is 0 Å². The molecule has 1 aliphatic heterocycles. The van der Waals surface area contributed by atoms with Gasteiger partial charge in [0.2, 0.25) is 0 Å². The molecule has 1 saturated heterocycles. The summed E-state index contributed by atoms with van der Waals surface area (Å²) < 4.78 is 5.92. The van der Waals surface area contributed by atoms with Crippen LogP contribution in [0.25, 0.3) is 10.9 Å². The van der Waals surface area contributed by atoms with Crippen LogP contribution < -0.4 is 9.64 Å². The summed E-state index contributed by atoms with van der Waals surface area (Å²) in [4.78, 5) is 21.9. The number of aryl methyl sites for hydroxylation is 1. The van der Waals surface area contributed by atoms with E-state index in [-0.39, 0.29) is 5.91 Å². The van der Waals surface area contributed by atoms with Crippen LogP contribution >= 0.6 is 0 Å². The Labute approximate surface area is 184 Å². The molecule has 0 saturated carbocycles. The van der Waals surface area contributed by atoms with Crippen molar-refractivity contribution in [1.29, 1.82) is 0 Å². The maximum absolute atomic E-state index is 12.9. The van der Waals surface area contributed by atoms with Crippen molar-refractivity contribution in [2.75, 3.05) is 31.1 Å². The Morgan fingerprint density at radius 3 is 2.32 bits per heavy atom. The first-order chi connectivity index (χ1) is 14.9. The minimum Gasteiger partial charge on any atom is -0.481 e. The van der Waals surface area contributed by atoms with E-state index in [0.717, 1.165) is 30.2 Å². The Bertz CT molecular complexity index is 1050. The third kappa shape index (κ3) is 4.66. The van der Waals surface area contributed by atoms with Gasteiger partial charge in [-0.3, -0.25) is 4.79 Å². The van der Waals surface area contributed by atoms with Crippen LogP contribution in [0, 0.1) is 6.92 Å². The maximum Gasteiger partial charge on any atom is 0.263 e. The number of ether oxygens (including phenoxy) is 1. The fourth-order valence-corrected chi connectivity index (χ4v) is 4.09. The van der Waals surface area contributed by atoms with Gasteiger partial charge in [-0.1, -0.05) is 44.2 Å². The number of fused-ring (bicyclic) bond motifs is 1. The number of benzene rings is 2. The predicted molar refractivity (Wildman–Crippen MR) is 126 cm³/mol. The quantitative estimate of drug-likeness (QED) is 0.599. The third-order valence-electron chi connectivity index (χ3n) is 6.03. The highest BCUT2D eigenvalue weighted by Gasteiger charge is 2.26. The van der Waals surface area contributed by atoms with Gasteiger partial charge in [-0.15, -0.1) is 0 Å². The molecule has 0 bridgehead atoms.